The molecule has 1 N–H and O–H groups in total. The predicted molar refractivity (Wildman–Crippen MR) is 88.6 cm³/mol. The maximum Gasteiger partial charge on any atom is 0.490 e. The number of carboxylic acids is 1. The number of amides is 1. The van der Waals surface area contributed by atoms with Crippen molar-refractivity contribution in [2.45, 2.75) is 26.4 Å². The minimum atomic E-state index is -5.08. The van der Waals surface area contributed by atoms with Gasteiger partial charge in [-0.2, -0.15) is 13.2 Å². The Morgan fingerprint density at radius 3 is 2.31 bits per heavy atom. The van der Waals surface area contributed by atoms with Crippen molar-refractivity contribution in [3.63, 3.8) is 0 Å². The molecule has 2 fully saturated rings. The zero-order valence-corrected chi connectivity index (χ0v) is 14.7. The van der Waals surface area contributed by atoms with Gasteiger partial charge in [0.1, 0.15) is 5.82 Å². The Balaban J connectivity index is 0.000000298. The van der Waals surface area contributed by atoms with Crippen LogP contribution in [0.5, 0.6) is 0 Å². The van der Waals surface area contributed by atoms with E-state index < -0.39 is 12.1 Å². The Hall–Kier alpha value is -2.32. The average molecular weight is 373 g/mol. The first-order valence-electron chi connectivity index (χ1n) is 8.29. The van der Waals surface area contributed by atoms with Gasteiger partial charge in [-0.15, -0.1) is 0 Å². The molecule has 0 aromatic carbocycles. The molecule has 2 aliphatic rings. The van der Waals surface area contributed by atoms with Gasteiger partial charge in [-0.05, 0) is 18.6 Å². The van der Waals surface area contributed by atoms with Gasteiger partial charge in [0.05, 0.1) is 0 Å². The van der Waals surface area contributed by atoms with Crippen molar-refractivity contribution in [2.24, 2.45) is 11.3 Å². The van der Waals surface area contributed by atoms with Crippen LogP contribution >= 0.6 is 0 Å². The van der Waals surface area contributed by atoms with E-state index in [1.807, 2.05) is 37.1 Å². The number of alkyl halides is 3. The molecule has 2 saturated heterocycles. The van der Waals surface area contributed by atoms with Gasteiger partial charge >= 0.3 is 12.1 Å². The third-order valence-corrected chi connectivity index (χ3v) is 4.51. The molecule has 6 nitrogen and oxygen atoms in total. The van der Waals surface area contributed by atoms with E-state index in [4.69, 9.17) is 9.90 Å². The molecule has 1 amide bonds. The van der Waals surface area contributed by atoms with Crippen molar-refractivity contribution in [3.05, 3.63) is 24.4 Å². The number of carboxylic acid groups (broad SMARTS) is 1. The molecular weight excluding hydrogens is 351 g/mol. The second-order valence-electron chi connectivity index (χ2n) is 7.01. The molecule has 9 heteroatoms. The number of pyridine rings is 1. The molecular formula is C17H22F3N3O3. The van der Waals surface area contributed by atoms with E-state index in [9.17, 15) is 18.0 Å². The van der Waals surface area contributed by atoms with Gasteiger partial charge in [-0.3, -0.25) is 4.79 Å². The first-order chi connectivity index (χ1) is 12.0. The molecule has 3 rings (SSSR count). The van der Waals surface area contributed by atoms with Gasteiger partial charge in [-0.25, -0.2) is 9.78 Å². The fourth-order valence-corrected chi connectivity index (χ4v) is 3.21. The molecule has 0 bridgehead atoms. The van der Waals surface area contributed by atoms with Crippen LogP contribution in [0.1, 0.15) is 20.3 Å². The largest absolute Gasteiger partial charge is 0.490 e. The maximum atomic E-state index is 12.0. The van der Waals surface area contributed by atoms with Crippen LogP contribution < -0.4 is 4.90 Å². The zero-order valence-electron chi connectivity index (χ0n) is 14.7. The van der Waals surface area contributed by atoms with E-state index in [1.54, 1.807) is 0 Å². The van der Waals surface area contributed by atoms with Crippen molar-refractivity contribution in [1.29, 1.82) is 0 Å². The minimum absolute atomic E-state index is 0.113. The van der Waals surface area contributed by atoms with Crippen molar-refractivity contribution < 1.29 is 27.9 Å². The Bertz CT molecular complexity index is 644. The number of rotatable bonds is 2. The van der Waals surface area contributed by atoms with Crippen LogP contribution in [0.25, 0.3) is 0 Å². The molecule has 0 aliphatic carbocycles. The Morgan fingerprint density at radius 1 is 1.23 bits per heavy atom. The minimum Gasteiger partial charge on any atom is -0.475 e. The number of likely N-dealkylation sites (tertiary alicyclic amines) is 1. The fraction of sp³-hybridized carbons (Fsp3) is 0.588. The second-order valence-corrected chi connectivity index (χ2v) is 7.01. The van der Waals surface area contributed by atoms with Crippen molar-refractivity contribution in [2.75, 3.05) is 31.1 Å². The lowest BCUT2D eigenvalue weighted by atomic mass is 9.79. The summed E-state index contributed by atoms with van der Waals surface area (Å²) in [4.78, 5) is 29.7. The third kappa shape index (κ3) is 4.64. The number of halogens is 3. The van der Waals surface area contributed by atoms with Gasteiger partial charge in [0.25, 0.3) is 0 Å². The summed E-state index contributed by atoms with van der Waals surface area (Å²) in [7, 11) is 0. The number of hydrogen-bond donors (Lipinski definition) is 1. The highest BCUT2D eigenvalue weighted by Gasteiger charge is 2.49. The molecule has 144 valence electrons. The number of nitrogens with zero attached hydrogens (tertiary/aromatic N) is 3. The highest BCUT2D eigenvalue weighted by atomic mass is 19.4. The number of carbonyl (C=O) groups is 2. The monoisotopic (exact) mass is 373 g/mol. The summed E-state index contributed by atoms with van der Waals surface area (Å²) in [5.41, 5.74) is 0.321. The van der Waals surface area contributed by atoms with Crippen LogP contribution in [0.2, 0.25) is 0 Å². The van der Waals surface area contributed by atoms with Gasteiger partial charge in [0, 0.05) is 43.7 Å². The summed E-state index contributed by atoms with van der Waals surface area (Å²) in [6.45, 7) is 7.88. The standard InChI is InChI=1S/C15H21N3O.C2HF3O2/c1-12(2)14(19)17-8-6-15(9-17)10-18(11-15)13-5-3-4-7-16-13;3-2(4,5)1(6)7/h3-5,7,12H,6,8-11H2,1-2H3;(H,6,7). The van der Waals surface area contributed by atoms with Crippen molar-refractivity contribution >= 4 is 17.7 Å². The molecule has 3 heterocycles. The Morgan fingerprint density at radius 2 is 1.85 bits per heavy atom. The van der Waals surface area contributed by atoms with E-state index in [0.29, 0.717) is 11.3 Å². The lowest BCUT2D eigenvalue weighted by Crippen LogP contribution is -2.58. The van der Waals surface area contributed by atoms with Crippen LogP contribution in [-0.4, -0.2) is 59.2 Å². The molecule has 0 unspecified atom stereocenters. The van der Waals surface area contributed by atoms with Crippen molar-refractivity contribution in [1.82, 2.24) is 9.88 Å². The summed E-state index contributed by atoms with van der Waals surface area (Å²) < 4.78 is 31.7. The highest BCUT2D eigenvalue weighted by molar-refractivity contribution is 5.78. The van der Waals surface area contributed by atoms with E-state index in [0.717, 1.165) is 38.4 Å². The highest BCUT2D eigenvalue weighted by Crippen LogP contribution is 2.41. The molecule has 26 heavy (non-hydrogen) atoms. The molecule has 1 aromatic heterocycles. The number of aliphatic carboxylic acids is 1. The SMILES string of the molecule is CC(C)C(=O)N1CCC2(C1)CN(c1ccccn1)C2.O=C(O)C(F)(F)F. The summed E-state index contributed by atoms with van der Waals surface area (Å²) in [5.74, 6) is -1.29. The quantitative estimate of drug-likeness (QED) is 0.862. The van der Waals surface area contributed by atoms with E-state index in [1.165, 1.54) is 0 Å². The number of aromatic nitrogens is 1. The summed E-state index contributed by atoms with van der Waals surface area (Å²) in [6, 6.07) is 6.02. The molecule has 2 aliphatic heterocycles. The van der Waals surface area contributed by atoms with Gasteiger partial charge in [0.15, 0.2) is 0 Å². The number of carbonyl (C=O) groups excluding carboxylic acids is 1. The zero-order chi connectivity index (χ0) is 19.5. The second kappa shape index (κ2) is 7.51. The van der Waals surface area contributed by atoms with Crippen LogP contribution in [0.4, 0.5) is 19.0 Å². The maximum absolute atomic E-state index is 12.0. The summed E-state index contributed by atoms with van der Waals surface area (Å²) in [5, 5.41) is 7.12. The predicted octanol–water partition coefficient (Wildman–Crippen LogP) is 2.41. The molecule has 0 radical (unpaired) electrons. The smallest absolute Gasteiger partial charge is 0.475 e. The molecule has 0 saturated carbocycles. The molecule has 1 spiro atoms. The van der Waals surface area contributed by atoms with Crippen LogP contribution in [0.15, 0.2) is 24.4 Å². The number of hydrogen-bond acceptors (Lipinski definition) is 4. The van der Waals surface area contributed by atoms with E-state index in [-0.39, 0.29) is 5.92 Å². The van der Waals surface area contributed by atoms with Crippen LogP contribution in [-0.2, 0) is 9.59 Å². The fourth-order valence-electron chi connectivity index (χ4n) is 3.21. The van der Waals surface area contributed by atoms with Crippen molar-refractivity contribution in [3.8, 4) is 0 Å². The lowest BCUT2D eigenvalue weighted by molar-refractivity contribution is -0.192. The van der Waals surface area contributed by atoms with Gasteiger partial charge in [-0.1, -0.05) is 19.9 Å². The normalized spacial score (nSPS) is 18.4. The summed E-state index contributed by atoms with van der Waals surface area (Å²) >= 11 is 0. The van der Waals surface area contributed by atoms with Gasteiger partial charge < -0.3 is 14.9 Å². The molecule has 0 atom stereocenters. The van der Waals surface area contributed by atoms with E-state index >= 15 is 0 Å². The number of anilines is 1. The summed E-state index contributed by atoms with van der Waals surface area (Å²) in [6.07, 6.45) is -2.11. The van der Waals surface area contributed by atoms with Crippen LogP contribution in [0, 0.1) is 11.3 Å². The topological polar surface area (TPSA) is 73.7 Å². The van der Waals surface area contributed by atoms with Gasteiger partial charge in [0.2, 0.25) is 5.91 Å². The first-order valence-corrected chi connectivity index (χ1v) is 8.29. The molecule has 1 aromatic rings. The average Bonchev–Trinajstić information content (AvgIpc) is 2.98. The Kier molecular flexibility index (Phi) is 5.77. The third-order valence-electron chi connectivity index (χ3n) is 4.51. The van der Waals surface area contributed by atoms with Crippen LogP contribution in [0.3, 0.4) is 0 Å². The van der Waals surface area contributed by atoms with E-state index in [2.05, 4.69) is 16.0 Å². The Labute approximate surface area is 149 Å². The first kappa shape index (κ1) is 20.0. The lowest BCUT2D eigenvalue weighted by Gasteiger charge is -2.48.